The van der Waals surface area contributed by atoms with Gasteiger partial charge in [-0.15, -0.1) is 0 Å². The van der Waals surface area contributed by atoms with E-state index in [2.05, 4.69) is 20.6 Å². The van der Waals surface area contributed by atoms with Gasteiger partial charge in [-0.05, 0) is 31.9 Å². The second kappa shape index (κ2) is 5.86. The molecule has 0 radical (unpaired) electrons. The van der Waals surface area contributed by atoms with Gasteiger partial charge < -0.3 is 10.1 Å². The molecule has 0 spiro atoms. The number of H-pyrrole nitrogens is 1. The van der Waals surface area contributed by atoms with Crippen LogP contribution in [-0.2, 0) is 4.74 Å². The van der Waals surface area contributed by atoms with Crippen molar-refractivity contribution in [2.45, 2.75) is 37.8 Å². The van der Waals surface area contributed by atoms with Gasteiger partial charge in [-0.1, -0.05) is 0 Å². The van der Waals surface area contributed by atoms with Crippen LogP contribution in [0.25, 0.3) is 0 Å². The molecule has 8 heteroatoms. The number of aromatic nitrogens is 4. The summed E-state index contributed by atoms with van der Waals surface area (Å²) in [6, 6.07) is 4.41. The molecule has 2 N–H and O–H groups in total. The van der Waals surface area contributed by atoms with Gasteiger partial charge in [-0.25, -0.2) is 4.68 Å². The average Bonchev–Trinajstić information content (AvgIpc) is 3.17. The first kappa shape index (κ1) is 15.1. The molecule has 1 aliphatic carbocycles. The fraction of sp³-hybridized carbons (Fsp3) is 0.500. The Labute approximate surface area is 138 Å². The third kappa shape index (κ3) is 2.84. The number of carbonyl (C=O) groups is 1. The van der Waals surface area contributed by atoms with Gasteiger partial charge in [0.05, 0.1) is 24.9 Å². The van der Waals surface area contributed by atoms with E-state index in [0.29, 0.717) is 24.8 Å². The van der Waals surface area contributed by atoms with Crippen LogP contribution < -0.4 is 10.9 Å². The van der Waals surface area contributed by atoms with Crippen LogP contribution in [0.2, 0.25) is 0 Å². The maximum atomic E-state index is 12.3. The Morgan fingerprint density at radius 3 is 2.92 bits per heavy atom. The van der Waals surface area contributed by atoms with Gasteiger partial charge in [0.2, 0.25) is 0 Å². The molecule has 4 rings (SSSR count). The van der Waals surface area contributed by atoms with Crippen molar-refractivity contribution >= 4 is 5.91 Å². The first-order valence-electron chi connectivity index (χ1n) is 8.12. The van der Waals surface area contributed by atoms with Crippen LogP contribution >= 0.6 is 0 Å². The first-order chi connectivity index (χ1) is 11.6. The van der Waals surface area contributed by atoms with Crippen LogP contribution in [0, 0.1) is 6.92 Å². The molecule has 2 unspecified atom stereocenters. The summed E-state index contributed by atoms with van der Waals surface area (Å²) in [7, 11) is 0. The molecular formula is C16H19N5O3. The van der Waals surface area contributed by atoms with Crippen molar-refractivity contribution in [1.29, 1.82) is 0 Å². The number of amides is 1. The van der Waals surface area contributed by atoms with E-state index in [-0.39, 0.29) is 23.6 Å². The minimum Gasteiger partial charge on any atom is -0.377 e. The lowest BCUT2D eigenvalue weighted by Gasteiger charge is -2.20. The Morgan fingerprint density at radius 2 is 2.21 bits per heavy atom. The number of ether oxygens (including phenoxy) is 1. The molecule has 126 valence electrons. The SMILES string of the molecule is Cc1cc(C(=O)NC2COCC2n2nc(C3CC3)ccc2=O)n[nH]1. The van der Waals surface area contributed by atoms with Crippen molar-refractivity contribution in [2.75, 3.05) is 13.2 Å². The van der Waals surface area contributed by atoms with Crippen LogP contribution in [0.4, 0.5) is 0 Å². The number of nitrogens with one attached hydrogen (secondary N) is 2. The van der Waals surface area contributed by atoms with Crippen molar-refractivity contribution in [2.24, 2.45) is 0 Å². The molecule has 8 nitrogen and oxygen atoms in total. The fourth-order valence-electron chi connectivity index (χ4n) is 2.97. The zero-order valence-electron chi connectivity index (χ0n) is 13.4. The number of hydrogen-bond donors (Lipinski definition) is 2. The minimum absolute atomic E-state index is 0.176. The molecule has 2 aromatic rings. The first-order valence-corrected chi connectivity index (χ1v) is 8.12. The highest BCUT2D eigenvalue weighted by Gasteiger charge is 2.34. The topological polar surface area (TPSA) is 102 Å². The molecule has 2 aliphatic rings. The largest absolute Gasteiger partial charge is 0.377 e. The van der Waals surface area contributed by atoms with Crippen molar-refractivity contribution in [1.82, 2.24) is 25.3 Å². The molecule has 1 amide bonds. The number of rotatable bonds is 4. The van der Waals surface area contributed by atoms with Gasteiger partial charge in [0, 0.05) is 17.7 Å². The van der Waals surface area contributed by atoms with Crippen LogP contribution in [0.1, 0.15) is 46.7 Å². The molecule has 0 aromatic carbocycles. The zero-order chi connectivity index (χ0) is 16.7. The predicted molar refractivity (Wildman–Crippen MR) is 84.9 cm³/mol. The normalized spacial score (nSPS) is 23.4. The van der Waals surface area contributed by atoms with Gasteiger partial charge in [0.25, 0.3) is 11.5 Å². The molecule has 2 aromatic heterocycles. The summed E-state index contributed by atoms with van der Waals surface area (Å²) in [5.74, 6) is 0.172. The third-order valence-corrected chi connectivity index (χ3v) is 4.46. The minimum atomic E-state index is -0.311. The van der Waals surface area contributed by atoms with Gasteiger partial charge in [-0.2, -0.15) is 10.2 Å². The predicted octanol–water partition coefficient (Wildman–Crippen LogP) is 0.522. The number of nitrogens with zero attached hydrogens (tertiary/aromatic N) is 3. The number of aryl methyl sites for hydroxylation is 1. The maximum Gasteiger partial charge on any atom is 0.272 e. The highest BCUT2D eigenvalue weighted by atomic mass is 16.5. The summed E-state index contributed by atoms with van der Waals surface area (Å²) in [4.78, 5) is 24.5. The maximum absolute atomic E-state index is 12.3. The summed E-state index contributed by atoms with van der Waals surface area (Å²) in [6.07, 6.45) is 2.23. The Hall–Kier alpha value is -2.48. The Morgan fingerprint density at radius 1 is 1.38 bits per heavy atom. The van der Waals surface area contributed by atoms with Gasteiger partial charge in [0.1, 0.15) is 11.7 Å². The molecule has 1 aliphatic heterocycles. The summed E-state index contributed by atoms with van der Waals surface area (Å²) in [5.41, 5.74) is 1.90. The molecule has 24 heavy (non-hydrogen) atoms. The van der Waals surface area contributed by atoms with E-state index < -0.39 is 0 Å². The van der Waals surface area contributed by atoms with Crippen molar-refractivity contribution in [3.63, 3.8) is 0 Å². The monoisotopic (exact) mass is 329 g/mol. The van der Waals surface area contributed by atoms with E-state index in [1.807, 2.05) is 6.92 Å². The molecular weight excluding hydrogens is 310 g/mol. The van der Waals surface area contributed by atoms with E-state index >= 15 is 0 Å². The zero-order valence-corrected chi connectivity index (χ0v) is 13.4. The Bertz CT molecular complexity index is 823. The quantitative estimate of drug-likeness (QED) is 0.851. The van der Waals surface area contributed by atoms with Crippen LogP contribution in [0.5, 0.6) is 0 Å². The summed E-state index contributed by atoms with van der Waals surface area (Å²) in [6.45, 7) is 2.53. The molecule has 2 fully saturated rings. The summed E-state index contributed by atoms with van der Waals surface area (Å²) in [5, 5.41) is 14.1. The van der Waals surface area contributed by atoms with Crippen LogP contribution in [0.3, 0.4) is 0 Å². The van der Waals surface area contributed by atoms with Gasteiger partial charge in [0.15, 0.2) is 0 Å². The van der Waals surface area contributed by atoms with E-state index in [0.717, 1.165) is 24.2 Å². The number of carbonyl (C=O) groups excluding carboxylic acids is 1. The van der Waals surface area contributed by atoms with Crippen LogP contribution in [-0.4, -0.2) is 45.1 Å². The van der Waals surface area contributed by atoms with Crippen molar-refractivity contribution in [3.8, 4) is 0 Å². The Kier molecular flexibility index (Phi) is 3.68. The highest BCUT2D eigenvalue weighted by molar-refractivity contribution is 5.92. The molecule has 0 bridgehead atoms. The summed E-state index contributed by atoms with van der Waals surface area (Å²) < 4.78 is 6.95. The lowest BCUT2D eigenvalue weighted by molar-refractivity contribution is 0.0919. The van der Waals surface area contributed by atoms with Crippen LogP contribution in [0.15, 0.2) is 23.0 Å². The average molecular weight is 329 g/mol. The smallest absolute Gasteiger partial charge is 0.272 e. The molecule has 1 saturated carbocycles. The van der Waals surface area contributed by atoms with Gasteiger partial charge >= 0.3 is 0 Å². The third-order valence-electron chi connectivity index (χ3n) is 4.46. The van der Waals surface area contributed by atoms with Crippen molar-refractivity contribution in [3.05, 3.63) is 45.6 Å². The standard InChI is InChI=1S/C16H19N5O3/c1-9-6-12(19-18-9)16(23)17-13-7-24-8-14(13)21-15(22)5-4-11(20-21)10-2-3-10/h4-6,10,13-14H,2-3,7-8H2,1H3,(H,17,23)(H,18,19). The second-order valence-electron chi connectivity index (χ2n) is 6.44. The number of hydrogen-bond acceptors (Lipinski definition) is 5. The fourth-order valence-corrected chi connectivity index (χ4v) is 2.97. The van der Waals surface area contributed by atoms with Gasteiger partial charge in [-0.3, -0.25) is 14.7 Å². The number of aromatic amines is 1. The van der Waals surface area contributed by atoms with Crippen molar-refractivity contribution < 1.29 is 9.53 Å². The van der Waals surface area contributed by atoms with E-state index in [9.17, 15) is 9.59 Å². The lowest BCUT2D eigenvalue weighted by atomic mass is 10.1. The summed E-state index contributed by atoms with van der Waals surface area (Å²) >= 11 is 0. The lowest BCUT2D eigenvalue weighted by Crippen LogP contribution is -2.44. The molecule has 3 heterocycles. The van der Waals surface area contributed by atoms with E-state index in [1.54, 1.807) is 18.2 Å². The van der Waals surface area contributed by atoms with E-state index in [4.69, 9.17) is 4.74 Å². The molecule has 2 atom stereocenters. The highest BCUT2D eigenvalue weighted by Crippen LogP contribution is 2.38. The van der Waals surface area contributed by atoms with E-state index in [1.165, 1.54) is 4.68 Å². The molecule has 1 saturated heterocycles. The Balaban J connectivity index is 1.55. The second-order valence-corrected chi connectivity index (χ2v) is 6.44.